The molecular weight excluding hydrogens is 515 g/mol. The summed E-state index contributed by atoms with van der Waals surface area (Å²) in [6, 6.07) is 3.69. The van der Waals surface area contributed by atoms with E-state index in [-0.39, 0.29) is 35.9 Å². The number of amides is 1. The van der Waals surface area contributed by atoms with Crippen LogP contribution in [0.5, 0.6) is 0 Å². The minimum Gasteiger partial charge on any atom is -0.355 e. The summed E-state index contributed by atoms with van der Waals surface area (Å²) in [5.74, 6) is -0.485. The first-order chi connectivity index (χ1) is 14.5. The molecule has 2 N–H and O–H groups in total. The molecule has 3 rings (SSSR count). The van der Waals surface area contributed by atoms with Crippen LogP contribution in [0.2, 0.25) is 0 Å². The Morgan fingerprint density at radius 1 is 1.16 bits per heavy atom. The minimum absolute atomic E-state index is 0. The van der Waals surface area contributed by atoms with Gasteiger partial charge in [-0.2, -0.15) is 0 Å². The van der Waals surface area contributed by atoms with Crippen molar-refractivity contribution in [3.63, 3.8) is 0 Å². The van der Waals surface area contributed by atoms with E-state index in [4.69, 9.17) is 0 Å². The van der Waals surface area contributed by atoms with E-state index < -0.39 is 11.6 Å². The number of rotatable bonds is 6. The Morgan fingerprint density at radius 3 is 2.45 bits per heavy atom. The van der Waals surface area contributed by atoms with Crippen LogP contribution in [-0.2, 0) is 4.79 Å². The first kappa shape index (κ1) is 25.8. The minimum atomic E-state index is -0.852. The summed E-state index contributed by atoms with van der Waals surface area (Å²) < 4.78 is 26.6. The smallest absolute Gasteiger partial charge is 0.225 e. The highest BCUT2D eigenvalue weighted by Crippen LogP contribution is 2.26. The third-order valence-corrected chi connectivity index (χ3v) is 6.13. The third-order valence-electron chi connectivity index (χ3n) is 6.13. The first-order valence-corrected chi connectivity index (χ1v) is 10.9. The molecule has 1 aliphatic heterocycles. The van der Waals surface area contributed by atoms with Crippen molar-refractivity contribution in [3.05, 3.63) is 35.4 Å². The molecule has 1 atom stereocenters. The molecule has 1 amide bonds. The van der Waals surface area contributed by atoms with E-state index >= 15 is 0 Å². The molecule has 1 heterocycles. The fourth-order valence-corrected chi connectivity index (χ4v) is 4.22. The van der Waals surface area contributed by atoms with Crippen LogP contribution >= 0.6 is 24.0 Å². The molecule has 1 aromatic carbocycles. The average Bonchev–Trinajstić information content (AvgIpc) is 3.29. The first-order valence-electron chi connectivity index (χ1n) is 10.9. The molecule has 0 spiro atoms. The van der Waals surface area contributed by atoms with Gasteiger partial charge in [0.1, 0.15) is 0 Å². The zero-order valence-corrected chi connectivity index (χ0v) is 20.7. The van der Waals surface area contributed by atoms with Gasteiger partial charge in [-0.25, -0.2) is 8.78 Å². The molecule has 0 bridgehead atoms. The number of halogens is 3. The second-order valence-electron chi connectivity index (χ2n) is 8.19. The lowest BCUT2D eigenvalue weighted by Crippen LogP contribution is -2.52. The Bertz CT molecular complexity index is 749. The summed E-state index contributed by atoms with van der Waals surface area (Å²) in [6.45, 7) is 6.81. The quantitative estimate of drug-likeness (QED) is 0.326. The zero-order valence-electron chi connectivity index (χ0n) is 18.4. The Hall–Kier alpha value is -1.49. The maximum absolute atomic E-state index is 13.5. The predicted molar refractivity (Wildman–Crippen MR) is 130 cm³/mol. The number of carbonyl (C=O) groups is 1. The predicted octanol–water partition coefficient (Wildman–Crippen LogP) is 3.14. The maximum Gasteiger partial charge on any atom is 0.225 e. The van der Waals surface area contributed by atoms with Crippen LogP contribution in [0.25, 0.3) is 0 Å². The van der Waals surface area contributed by atoms with E-state index in [9.17, 15) is 13.6 Å². The molecular formula is C22H34F2IN5O. The monoisotopic (exact) mass is 549 g/mol. The van der Waals surface area contributed by atoms with Gasteiger partial charge >= 0.3 is 0 Å². The average molecular weight is 549 g/mol. The van der Waals surface area contributed by atoms with E-state index in [1.54, 1.807) is 13.1 Å². The number of nitrogens with zero attached hydrogens (tertiary/aromatic N) is 3. The standard InChI is InChI=1S/C22H33F2N5O.HI/c1-16(18-7-8-19(23)20(24)15-18)27-22(25-2)26-9-10-28-11-13-29(14-12-28)21(30)17-5-3-4-6-17;/h7-8,15-17H,3-6,9-14H2,1-2H3,(H2,25,26,27);1H. The fraction of sp³-hybridized carbons (Fsp3) is 0.636. The zero-order chi connectivity index (χ0) is 21.5. The van der Waals surface area contributed by atoms with Crippen LogP contribution in [-0.4, -0.2) is 68.0 Å². The van der Waals surface area contributed by atoms with Gasteiger partial charge < -0.3 is 15.5 Å². The molecule has 9 heteroatoms. The Kier molecular flexibility index (Phi) is 10.4. The van der Waals surface area contributed by atoms with Gasteiger partial charge in [-0.15, -0.1) is 24.0 Å². The normalized spacial score (nSPS) is 19.1. The summed E-state index contributed by atoms with van der Waals surface area (Å²) in [6.07, 6.45) is 4.48. The van der Waals surface area contributed by atoms with Gasteiger partial charge in [-0.1, -0.05) is 18.9 Å². The van der Waals surface area contributed by atoms with Crippen molar-refractivity contribution in [1.29, 1.82) is 0 Å². The molecule has 31 heavy (non-hydrogen) atoms. The van der Waals surface area contributed by atoms with Crippen LogP contribution in [0.15, 0.2) is 23.2 Å². The largest absolute Gasteiger partial charge is 0.355 e. The van der Waals surface area contributed by atoms with Crippen LogP contribution < -0.4 is 10.6 Å². The molecule has 0 aromatic heterocycles. The van der Waals surface area contributed by atoms with Gasteiger partial charge in [0, 0.05) is 52.2 Å². The molecule has 2 aliphatic rings. The molecule has 1 saturated heterocycles. The molecule has 2 fully saturated rings. The second-order valence-corrected chi connectivity index (χ2v) is 8.19. The highest BCUT2D eigenvalue weighted by atomic mass is 127. The molecule has 1 saturated carbocycles. The molecule has 1 aliphatic carbocycles. The molecule has 1 unspecified atom stereocenters. The van der Waals surface area contributed by atoms with Crippen LogP contribution in [0.4, 0.5) is 8.78 Å². The van der Waals surface area contributed by atoms with Crippen LogP contribution in [0, 0.1) is 17.6 Å². The van der Waals surface area contributed by atoms with Gasteiger partial charge in [0.2, 0.25) is 5.91 Å². The van der Waals surface area contributed by atoms with E-state index in [0.29, 0.717) is 24.0 Å². The Labute approximate surface area is 200 Å². The second kappa shape index (κ2) is 12.5. The maximum atomic E-state index is 13.5. The van der Waals surface area contributed by atoms with E-state index in [2.05, 4.69) is 20.5 Å². The number of aliphatic imine (C=N–C) groups is 1. The van der Waals surface area contributed by atoms with Crippen molar-refractivity contribution in [2.24, 2.45) is 10.9 Å². The third kappa shape index (κ3) is 7.27. The number of carbonyl (C=O) groups excluding carboxylic acids is 1. The number of benzene rings is 1. The lowest BCUT2D eigenvalue weighted by Gasteiger charge is -2.36. The van der Waals surface area contributed by atoms with E-state index in [1.165, 1.54) is 18.9 Å². The lowest BCUT2D eigenvalue weighted by atomic mass is 10.1. The Morgan fingerprint density at radius 2 is 1.84 bits per heavy atom. The summed E-state index contributed by atoms with van der Waals surface area (Å²) in [7, 11) is 1.68. The topological polar surface area (TPSA) is 60.0 Å². The van der Waals surface area contributed by atoms with E-state index in [1.807, 2.05) is 11.8 Å². The van der Waals surface area contributed by atoms with Crippen molar-refractivity contribution in [3.8, 4) is 0 Å². The van der Waals surface area contributed by atoms with Crippen molar-refractivity contribution < 1.29 is 13.6 Å². The van der Waals surface area contributed by atoms with Crippen molar-refractivity contribution in [1.82, 2.24) is 20.4 Å². The number of piperazine rings is 1. The molecule has 0 radical (unpaired) electrons. The highest BCUT2D eigenvalue weighted by molar-refractivity contribution is 14.0. The van der Waals surface area contributed by atoms with Crippen molar-refractivity contribution in [2.45, 2.75) is 38.6 Å². The van der Waals surface area contributed by atoms with Gasteiger partial charge in [0.05, 0.1) is 6.04 Å². The highest BCUT2D eigenvalue weighted by Gasteiger charge is 2.29. The summed E-state index contributed by atoms with van der Waals surface area (Å²) in [5, 5.41) is 6.47. The number of nitrogens with one attached hydrogen (secondary N) is 2. The summed E-state index contributed by atoms with van der Waals surface area (Å²) in [4.78, 5) is 21.1. The lowest BCUT2D eigenvalue weighted by molar-refractivity contribution is -0.137. The fourth-order valence-electron chi connectivity index (χ4n) is 4.22. The molecule has 1 aromatic rings. The number of hydrogen-bond acceptors (Lipinski definition) is 3. The summed E-state index contributed by atoms with van der Waals surface area (Å²) >= 11 is 0. The number of hydrogen-bond donors (Lipinski definition) is 2. The van der Waals surface area contributed by atoms with Crippen molar-refractivity contribution >= 4 is 35.8 Å². The van der Waals surface area contributed by atoms with E-state index in [0.717, 1.165) is 51.6 Å². The molecule has 6 nitrogen and oxygen atoms in total. The van der Waals surface area contributed by atoms with Crippen LogP contribution in [0.3, 0.4) is 0 Å². The van der Waals surface area contributed by atoms with Gasteiger partial charge in [-0.3, -0.25) is 14.7 Å². The SMILES string of the molecule is CN=C(NCCN1CCN(C(=O)C2CCCC2)CC1)NC(C)c1ccc(F)c(F)c1.I. The van der Waals surface area contributed by atoms with Crippen molar-refractivity contribution in [2.75, 3.05) is 46.3 Å². The summed E-state index contributed by atoms with van der Waals surface area (Å²) in [5.41, 5.74) is 0.653. The number of guanidine groups is 1. The molecule has 174 valence electrons. The van der Waals surface area contributed by atoms with Gasteiger partial charge in [0.25, 0.3) is 0 Å². The van der Waals surface area contributed by atoms with Gasteiger partial charge in [-0.05, 0) is 37.5 Å². The Balaban J connectivity index is 0.00000341. The van der Waals surface area contributed by atoms with Gasteiger partial charge in [0.15, 0.2) is 17.6 Å². The van der Waals surface area contributed by atoms with Crippen LogP contribution in [0.1, 0.15) is 44.2 Å².